The Balaban J connectivity index is 2.18. The first-order valence-electron chi connectivity index (χ1n) is 8.54. The molecule has 1 saturated heterocycles. The molecular formula is C19H30N2O. The van der Waals surface area contributed by atoms with Crippen molar-refractivity contribution in [3.8, 4) is 0 Å². The van der Waals surface area contributed by atoms with E-state index in [9.17, 15) is 4.79 Å². The monoisotopic (exact) mass is 302 g/mol. The summed E-state index contributed by atoms with van der Waals surface area (Å²) in [6.45, 7) is 16.3. The largest absolute Gasteiger partial charge is 0.369 e. The van der Waals surface area contributed by atoms with Gasteiger partial charge in [-0.25, -0.2) is 0 Å². The predicted octanol–water partition coefficient (Wildman–Crippen LogP) is 3.67. The zero-order chi connectivity index (χ0) is 16.3. The number of nitrogens with zero attached hydrogens (tertiary/aromatic N) is 2. The quantitative estimate of drug-likeness (QED) is 0.775. The van der Waals surface area contributed by atoms with E-state index in [1.165, 1.54) is 17.8 Å². The summed E-state index contributed by atoms with van der Waals surface area (Å²) >= 11 is 0. The molecule has 1 fully saturated rings. The summed E-state index contributed by atoms with van der Waals surface area (Å²) in [4.78, 5) is 17.1. The molecule has 0 unspecified atom stereocenters. The number of anilines is 1. The van der Waals surface area contributed by atoms with E-state index < -0.39 is 0 Å². The molecule has 1 aromatic carbocycles. The van der Waals surface area contributed by atoms with E-state index in [-0.39, 0.29) is 5.78 Å². The Morgan fingerprint density at radius 2 is 1.77 bits per heavy atom. The summed E-state index contributed by atoms with van der Waals surface area (Å²) in [6, 6.07) is 4.10. The van der Waals surface area contributed by atoms with Crippen LogP contribution in [0.4, 0.5) is 5.69 Å². The van der Waals surface area contributed by atoms with E-state index in [4.69, 9.17) is 0 Å². The van der Waals surface area contributed by atoms with Gasteiger partial charge in [-0.2, -0.15) is 0 Å². The van der Waals surface area contributed by atoms with Crippen molar-refractivity contribution in [1.82, 2.24) is 4.90 Å². The average molecular weight is 302 g/mol. The number of piperazine rings is 1. The second-order valence-electron chi connectivity index (χ2n) is 6.86. The molecule has 122 valence electrons. The van der Waals surface area contributed by atoms with Crippen LogP contribution in [0.5, 0.6) is 0 Å². The highest BCUT2D eigenvalue weighted by atomic mass is 16.1. The first-order chi connectivity index (χ1) is 10.4. The molecule has 3 nitrogen and oxygen atoms in total. The molecule has 2 rings (SSSR count). The lowest BCUT2D eigenvalue weighted by atomic mass is 9.97. The van der Waals surface area contributed by atoms with Crippen LogP contribution in [0.15, 0.2) is 12.1 Å². The smallest absolute Gasteiger partial charge is 0.162 e. The minimum atomic E-state index is 0.247. The Morgan fingerprint density at radius 3 is 2.32 bits per heavy atom. The zero-order valence-electron chi connectivity index (χ0n) is 14.8. The molecule has 0 spiro atoms. The number of benzene rings is 1. The van der Waals surface area contributed by atoms with Crippen molar-refractivity contribution in [3.05, 3.63) is 28.8 Å². The Labute approximate surface area is 135 Å². The van der Waals surface area contributed by atoms with Crippen LogP contribution in [0.3, 0.4) is 0 Å². The van der Waals surface area contributed by atoms with Gasteiger partial charge in [-0.1, -0.05) is 32.9 Å². The Kier molecular flexibility index (Phi) is 5.63. The summed E-state index contributed by atoms with van der Waals surface area (Å²) in [5.74, 6) is 0.970. The Bertz CT molecular complexity index is 528. The van der Waals surface area contributed by atoms with Crippen LogP contribution in [-0.2, 0) is 0 Å². The minimum Gasteiger partial charge on any atom is -0.369 e. The van der Waals surface area contributed by atoms with E-state index in [0.29, 0.717) is 6.42 Å². The number of hydrogen-bond donors (Lipinski definition) is 0. The number of hydrogen-bond acceptors (Lipinski definition) is 3. The van der Waals surface area contributed by atoms with Crippen LogP contribution in [-0.4, -0.2) is 43.4 Å². The molecule has 0 N–H and O–H groups in total. The molecule has 1 aliphatic heterocycles. The fraction of sp³-hybridized carbons (Fsp3) is 0.632. The standard InChI is InChI=1S/C19H30N2O/c1-6-18(22)17-8-7-15(4)19(16(17)5)21-11-9-20(10-12-21)13-14(2)3/h7-8,14H,6,9-13H2,1-5H3. The van der Waals surface area contributed by atoms with Gasteiger partial charge in [0.25, 0.3) is 0 Å². The fourth-order valence-corrected chi connectivity index (χ4v) is 3.49. The van der Waals surface area contributed by atoms with E-state index in [1.54, 1.807) is 0 Å². The van der Waals surface area contributed by atoms with Crippen molar-refractivity contribution in [2.24, 2.45) is 5.92 Å². The van der Waals surface area contributed by atoms with Gasteiger partial charge < -0.3 is 4.90 Å². The molecule has 3 heteroatoms. The number of carbonyl (C=O) groups excluding carboxylic acids is 1. The van der Waals surface area contributed by atoms with Crippen LogP contribution in [0, 0.1) is 19.8 Å². The molecule has 0 amide bonds. The number of ketones is 1. The summed E-state index contributed by atoms with van der Waals surface area (Å²) in [7, 11) is 0. The second-order valence-corrected chi connectivity index (χ2v) is 6.86. The molecule has 0 saturated carbocycles. The first kappa shape index (κ1) is 17.0. The Morgan fingerprint density at radius 1 is 1.14 bits per heavy atom. The maximum atomic E-state index is 12.1. The third kappa shape index (κ3) is 3.70. The van der Waals surface area contributed by atoms with Gasteiger partial charge in [0.2, 0.25) is 0 Å². The maximum Gasteiger partial charge on any atom is 0.162 e. The Hall–Kier alpha value is -1.35. The lowest BCUT2D eigenvalue weighted by Gasteiger charge is -2.38. The van der Waals surface area contributed by atoms with Gasteiger partial charge in [0.1, 0.15) is 0 Å². The van der Waals surface area contributed by atoms with Gasteiger partial charge in [-0.05, 0) is 30.9 Å². The van der Waals surface area contributed by atoms with Gasteiger partial charge in [0.15, 0.2) is 5.78 Å². The van der Waals surface area contributed by atoms with Gasteiger partial charge in [-0.3, -0.25) is 9.69 Å². The average Bonchev–Trinajstić information content (AvgIpc) is 2.48. The van der Waals surface area contributed by atoms with Crippen LogP contribution in [0.25, 0.3) is 0 Å². The van der Waals surface area contributed by atoms with E-state index >= 15 is 0 Å². The van der Waals surface area contributed by atoms with Crippen molar-refractivity contribution in [1.29, 1.82) is 0 Å². The minimum absolute atomic E-state index is 0.247. The van der Waals surface area contributed by atoms with Gasteiger partial charge in [0.05, 0.1) is 0 Å². The topological polar surface area (TPSA) is 23.6 Å². The molecule has 0 bridgehead atoms. The van der Waals surface area contributed by atoms with Gasteiger partial charge in [0, 0.05) is 50.4 Å². The summed E-state index contributed by atoms with van der Waals surface area (Å²) in [5.41, 5.74) is 4.61. The molecule has 0 aromatic heterocycles. The third-order valence-corrected chi connectivity index (χ3v) is 4.57. The highest BCUT2D eigenvalue weighted by Crippen LogP contribution is 2.29. The molecule has 22 heavy (non-hydrogen) atoms. The number of Topliss-reactive ketones (excluding diaryl/α,β-unsaturated/α-hetero) is 1. The lowest BCUT2D eigenvalue weighted by Crippen LogP contribution is -2.47. The van der Waals surface area contributed by atoms with Crippen molar-refractivity contribution in [2.75, 3.05) is 37.6 Å². The van der Waals surface area contributed by atoms with E-state index in [1.807, 2.05) is 13.0 Å². The van der Waals surface area contributed by atoms with Crippen molar-refractivity contribution in [2.45, 2.75) is 41.0 Å². The lowest BCUT2D eigenvalue weighted by molar-refractivity contribution is 0.0987. The van der Waals surface area contributed by atoms with Gasteiger partial charge in [-0.15, -0.1) is 0 Å². The summed E-state index contributed by atoms with van der Waals surface area (Å²) in [6.07, 6.45) is 0.575. The van der Waals surface area contributed by atoms with Crippen molar-refractivity contribution in [3.63, 3.8) is 0 Å². The molecule has 0 atom stereocenters. The van der Waals surface area contributed by atoms with Crippen molar-refractivity contribution < 1.29 is 4.79 Å². The SMILES string of the molecule is CCC(=O)c1ccc(C)c(N2CCN(CC(C)C)CC2)c1C. The van der Waals surface area contributed by atoms with Crippen LogP contribution < -0.4 is 4.90 Å². The van der Waals surface area contributed by atoms with E-state index in [2.05, 4.69) is 43.6 Å². The predicted molar refractivity (Wildman–Crippen MR) is 94.0 cm³/mol. The number of carbonyl (C=O) groups is 1. The number of aryl methyl sites for hydroxylation is 1. The summed E-state index contributed by atoms with van der Waals surface area (Å²) < 4.78 is 0. The summed E-state index contributed by atoms with van der Waals surface area (Å²) in [5, 5.41) is 0. The molecule has 1 aromatic rings. The normalized spacial score (nSPS) is 16.4. The third-order valence-electron chi connectivity index (χ3n) is 4.57. The molecule has 0 radical (unpaired) electrons. The zero-order valence-corrected chi connectivity index (χ0v) is 14.8. The molecule has 0 aliphatic carbocycles. The maximum absolute atomic E-state index is 12.1. The van der Waals surface area contributed by atoms with Crippen LogP contribution in [0.1, 0.15) is 48.7 Å². The fourth-order valence-electron chi connectivity index (χ4n) is 3.49. The first-order valence-corrected chi connectivity index (χ1v) is 8.54. The second kappa shape index (κ2) is 7.28. The van der Waals surface area contributed by atoms with Crippen LogP contribution >= 0.6 is 0 Å². The van der Waals surface area contributed by atoms with Crippen molar-refractivity contribution >= 4 is 11.5 Å². The van der Waals surface area contributed by atoms with Gasteiger partial charge >= 0.3 is 0 Å². The highest BCUT2D eigenvalue weighted by molar-refractivity contribution is 5.98. The highest BCUT2D eigenvalue weighted by Gasteiger charge is 2.22. The molecule has 1 heterocycles. The number of rotatable bonds is 5. The molecule has 1 aliphatic rings. The molecular weight excluding hydrogens is 272 g/mol. The van der Waals surface area contributed by atoms with Crippen LogP contribution in [0.2, 0.25) is 0 Å². The van der Waals surface area contributed by atoms with E-state index in [0.717, 1.165) is 43.2 Å².